The van der Waals surface area contributed by atoms with Crippen LogP contribution in [0.1, 0.15) is 24.2 Å². The maximum atomic E-state index is 11.4. The van der Waals surface area contributed by atoms with Crippen molar-refractivity contribution in [1.29, 1.82) is 0 Å². The molecule has 0 fully saturated rings. The number of methoxy groups -OCH3 is 1. The Morgan fingerprint density at radius 3 is 2.32 bits per heavy atom. The quantitative estimate of drug-likeness (QED) is 0.523. The van der Waals surface area contributed by atoms with Crippen molar-refractivity contribution in [3.63, 3.8) is 0 Å². The number of hydrogen-bond donors (Lipinski definition) is 1. The van der Waals surface area contributed by atoms with E-state index in [2.05, 4.69) is 10.7 Å². The van der Waals surface area contributed by atoms with Gasteiger partial charge in [0.1, 0.15) is 5.75 Å². The van der Waals surface area contributed by atoms with Gasteiger partial charge in [-0.25, -0.2) is 4.79 Å². The zero-order chi connectivity index (χ0) is 15.1. The summed E-state index contributed by atoms with van der Waals surface area (Å²) in [6, 6.07) is 6.90. The Morgan fingerprint density at radius 2 is 1.89 bits per heavy atom. The average molecular weight is 311 g/mol. The monoisotopic (exact) mass is 310 g/mol. The van der Waals surface area contributed by atoms with E-state index in [1.54, 1.807) is 31.4 Å². The van der Waals surface area contributed by atoms with Crippen LogP contribution in [0.25, 0.3) is 0 Å². The number of ether oxygens (including phenoxy) is 2. The zero-order valence-electron chi connectivity index (χ0n) is 10.7. The number of hydrogen-bond acceptors (Lipinski definition) is 5. The van der Waals surface area contributed by atoms with Crippen molar-refractivity contribution in [2.24, 2.45) is 0 Å². The fraction of sp³-hybridized carbons (Fsp3) is 0.364. The first kappa shape index (κ1) is 17.7. The van der Waals surface area contributed by atoms with Gasteiger partial charge in [0.15, 0.2) is 0 Å². The van der Waals surface area contributed by atoms with E-state index in [1.165, 1.54) is 0 Å². The molecular formula is C11H15ClO6S. The molecule has 1 N–H and O–H groups in total. The second-order valence-corrected chi connectivity index (χ2v) is 5.59. The largest absolute Gasteiger partial charge is 0.497 e. The van der Waals surface area contributed by atoms with E-state index in [1.807, 2.05) is 13.8 Å². The van der Waals surface area contributed by atoms with Crippen molar-refractivity contribution in [3.8, 4) is 5.75 Å². The molecule has 6 nitrogen and oxygen atoms in total. The molecule has 0 aromatic heterocycles. The average Bonchev–Trinajstić information content (AvgIpc) is 2.26. The molecular weight excluding hydrogens is 296 g/mol. The van der Waals surface area contributed by atoms with E-state index in [-0.39, 0.29) is 12.1 Å². The second-order valence-electron chi connectivity index (χ2n) is 3.60. The lowest BCUT2D eigenvalue weighted by molar-refractivity contribution is 0.0377. The van der Waals surface area contributed by atoms with Gasteiger partial charge in [-0.2, -0.15) is 8.42 Å². The Hall–Kier alpha value is -1.31. The van der Waals surface area contributed by atoms with E-state index in [9.17, 15) is 4.79 Å². The predicted molar refractivity (Wildman–Crippen MR) is 70.9 cm³/mol. The van der Waals surface area contributed by atoms with E-state index in [0.29, 0.717) is 11.3 Å². The Bertz CT molecular complexity index is 504. The topological polar surface area (TPSA) is 89.9 Å². The molecule has 0 amide bonds. The highest BCUT2D eigenvalue weighted by Gasteiger charge is 2.09. The number of esters is 1. The third kappa shape index (κ3) is 10.3. The van der Waals surface area contributed by atoms with Crippen LogP contribution in [-0.4, -0.2) is 32.2 Å². The molecule has 0 aliphatic rings. The summed E-state index contributed by atoms with van der Waals surface area (Å²) in [6.45, 7) is 3.64. The third-order valence-electron chi connectivity index (χ3n) is 1.65. The van der Waals surface area contributed by atoms with E-state index >= 15 is 0 Å². The summed E-state index contributed by atoms with van der Waals surface area (Å²) in [6.07, 6.45) is -0.103. The van der Waals surface area contributed by atoms with Crippen LogP contribution in [0.3, 0.4) is 0 Å². The van der Waals surface area contributed by atoms with Crippen LogP contribution in [0.5, 0.6) is 5.75 Å². The maximum Gasteiger partial charge on any atom is 0.353 e. The number of carbonyl (C=O) groups excluding carboxylic acids is 1. The second kappa shape index (κ2) is 7.98. The smallest absolute Gasteiger partial charge is 0.353 e. The molecule has 0 radical (unpaired) electrons. The van der Waals surface area contributed by atoms with Crippen LogP contribution in [0.2, 0.25) is 0 Å². The molecule has 0 aliphatic heterocycles. The van der Waals surface area contributed by atoms with E-state index in [4.69, 9.17) is 22.4 Å². The standard InChI is InChI=1S/C11H14O3.ClHO3S/c1-8(2)14-11(12)9-5-4-6-10(7-9)13-3;1-5(2,3)4/h4-8H,1-3H3;(H,2,3,4). The molecule has 1 aromatic rings. The summed E-state index contributed by atoms with van der Waals surface area (Å²) in [7, 11) is 1.43. The lowest BCUT2D eigenvalue weighted by Crippen LogP contribution is -2.11. The van der Waals surface area contributed by atoms with Crippen LogP contribution < -0.4 is 4.74 Å². The van der Waals surface area contributed by atoms with Crippen LogP contribution >= 0.6 is 10.7 Å². The minimum Gasteiger partial charge on any atom is -0.497 e. The Balaban J connectivity index is 0.000000555. The van der Waals surface area contributed by atoms with Gasteiger partial charge in [-0.1, -0.05) is 6.07 Å². The molecule has 8 heteroatoms. The summed E-state index contributed by atoms with van der Waals surface area (Å²) in [4.78, 5) is 11.4. The van der Waals surface area contributed by atoms with Gasteiger partial charge in [-0.15, -0.1) is 0 Å². The molecule has 0 heterocycles. The Labute approximate surface area is 116 Å². The van der Waals surface area contributed by atoms with Crippen LogP contribution in [0.4, 0.5) is 0 Å². The summed E-state index contributed by atoms with van der Waals surface area (Å²) < 4.78 is 35.2. The van der Waals surface area contributed by atoms with E-state index in [0.717, 1.165) is 0 Å². The van der Waals surface area contributed by atoms with Crippen molar-refractivity contribution < 1.29 is 27.2 Å². The summed E-state index contributed by atoms with van der Waals surface area (Å²) in [5.41, 5.74) is 0.512. The normalized spacial score (nSPS) is 10.4. The molecule has 108 valence electrons. The summed E-state index contributed by atoms with van der Waals surface area (Å²) >= 11 is 0. The highest BCUT2D eigenvalue weighted by Crippen LogP contribution is 2.13. The zero-order valence-corrected chi connectivity index (χ0v) is 12.2. The van der Waals surface area contributed by atoms with Crippen LogP contribution in [0.15, 0.2) is 24.3 Å². The Kier molecular flexibility index (Phi) is 7.43. The van der Waals surface area contributed by atoms with Crippen molar-refractivity contribution in [3.05, 3.63) is 29.8 Å². The molecule has 0 spiro atoms. The van der Waals surface area contributed by atoms with Gasteiger partial charge in [0.05, 0.1) is 18.8 Å². The lowest BCUT2D eigenvalue weighted by atomic mass is 10.2. The molecule has 0 saturated heterocycles. The predicted octanol–water partition coefficient (Wildman–Crippen LogP) is 2.29. The fourth-order valence-electron chi connectivity index (χ4n) is 1.03. The minimum atomic E-state index is -4.19. The van der Waals surface area contributed by atoms with Gasteiger partial charge in [0.2, 0.25) is 0 Å². The van der Waals surface area contributed by atoms with Crippen LogP contribution in [-0.2, 0) is 14.1 Å². The SMILES string of the molecule is COc1cccc(C(=O)OC(C)C)c1.O=S(=O)(O)Cl. The van der Waals surface area contributed by atoms with Gasteiger partial charge in [0, 0.05) is 10.7 Å². The first-order chi connectivity index (χ1) is 8.63. The Morgan fingerprint density at radius 1 is 1.37 bits per heavy atom. The van der Waals surface area contributed by atoms with Crippen molar-refractivity contribution in [2.75, 3.05) is 7.11 Å². The van der Waals surface area contributed by atoms with Gasteiger partial charge < -0.3 is 9.47 Å². The van der Waals surface area contributed by atoms with Crippen LogP contribution in [0, 0.1) is 0 Å². The molecule has 1 aromatic carbocycles. The third-order valence-corrected chi connectivity index (χ3v) is 1.65. The number of halogens is 1. The van der Waals surface area contributed by atoms with Gasteiger partial charge in [-0.3, -0.25) is 4.55 Å². The minimum absolute atomic E-state index is 0.103. The lowest BCUT2D eigenvalue weighted by Gasteiger charge is -2.08. The molecule has 0 aliphatic carbocycles. The highest BCUT2D eigenvalue weighted by molar-refractivity contribution is 8.09. The summed E-state index contributed by atoms with van der Waals surface area (Å²) in [5, 5.41) is 0. The van der Waals surface area contributed by atoms with Crippen molar-refractivity contribution in [1.82, 2.24) is 0 Å². The van der Waals surface area contributed by atoms with Crippen molar-refractivity contribution >= 4 is 26.0 Å². The highest BCUT2D eigenvalue weighted by atomic mass is 35.7. The van der Waals surface area contributed by atoms with Gasteiger partial charge in [-0.05, 0) is 32.0 Å². The van der Waals surface area contributed by atoms with Crippen molar-refractivity contribution in [2.45, 2.75) is 20.0 Å². The number of benzene rings is 1. The number of carbonyl (C=O) groups is 1. The first-order valence-electron chi connectivity index (χ1n) is 5.15. The molecule has 0 bridgehead atoms. The first-order valence-corrected chi connectivity index (χ1v) is 7.42. The fourth-order valence-corrected chi connectivity index (χ4v) is 1.03. The van der Waals surface area contributed by atoms with Gasteiger partial charge >= 0.3 is 15.3 Å². The molecule has 19 heavy (non-hydrogen) atoms. The molecule has 1 rings (SSSR count). The summed E-state index contributed by atoms with van der Waals surface area (Å²) in [5.74, 6) is 0.335. The molecule has 0 saturated carbocycles. The van der Waals surface area contributed by atoms with Gasteiger partial charge in [0.25, 0.3) is 0 Å². The molecule has 0 atom stereocenters. The number of rotatable bonds is 3. The maximum absolute atomic E-state index is 11.4. The molecule has 0 unspecified atom stereocenters. The van der Waals surface area contributed by atoms with E-state index < -0.39 is 9.33 Å².